The second-order valence-electron chi connectivity index (χ2n) is 4.72. The van der Waals surface area contributed by atoms with Gasteiger partial charge >= 0.3 is 4.87 Å². The summed E-state index contributed by atoms with van der Waals surface area (Å²) in [4.78, 5) is 26.5. The molecule has 1 atom stereocenters. The van der Waals surface area contributed by atoms with E-state index in [2.05, 4.69) is 4.98 Å². The van der Waals surface area contributed by atoms with Crippen molar-refractivity contribution < 1.29 is 4.79 Å². The van der Waals surface area contributed by atoms with Gasteiger partial charge in [0.05, 0.1) is 10.2 Å². The van der Waals surface area contributed by atoms with Gasteiger partial charge in [-0.15, -0.1) is 0 Å². The van der Waals surface area contributed by atoms with Gasteiger partial charge in [-0.2, -0.15) is 0 Å². The Bertz CT molecular complexity index is 817. The van der Waals surface area contributed by atoms with Crippen molar-refractivity contribution in [1.29, 1.82) is 0 Å². The van der Waals surface area contributed by atoms with Gasteiger partial charge in [-0.25, -0.2) is 0 Å². The molecule has 3 aromatic rings. The van der Waals surface area contributed by atoms with E-state index in [9.17, 15) is 9.59 Å². The molecule has 1 N–H and O–H groups in total. The zero-order valence-corrected chi connectivity index (χ0v) is 11.7. The molecule has 0 aliphatic carbocycles. The third kappa shape index (κ3) is 2.30. The van der Waals surface area contributed by atoms with Gasteiger partial charge in [0.2, 0.25) is 0 Å². The highest BCUT2D eigenvalue weighted by atomic mass is 32.1. The molecule has 0 aliphatic rings. The van der Waals surface area contributed by atoms with Crippen molar-refractivity contribution >= 4 is 27.3 Å². The van der Waals surface area contributed by atoms with Crippen LogP contribution in [0.15, 0.2) is 53.3 Å². The van der Waals surface area contributed by atoms with Crippen LogP contribution in [0.1, 0.15) is 28.8 Å². The number of ketones is 1. The van der Waals surface area contributed by atoms with E-state index in [-0.39, 0.29) is 16.6 Å². The second-order valence-corrected chi connectivity index (χ2v) is 5.74. The standard InChI is InChI=1S/C16H13NO2S/c1-10(11-5-3-2-4-6-11)15(18)12-7-8-13-14(9-12)20-16(19)17-13/h2-10H,1H3,(H,17,19). The van der Waals surface area contributed by atoms with Gasteiger partial charge in [0.15, 0.2) is 5.78 Å². The summed E-state index contributed by atoms with van der Waals surface area (Å²) in [5.74, 6) is -0.122. The fourth-order valence-electron chi connectivity index (χ4n) is 2.24. The molecule has 1 aromatic heterocycles. The largest absolute Gasteiger partial charge is 0.312 e. The summed E-state index contributed by atoms with van der Waals surface area (Å²) in [5, 5.41) is 0. The third-order valence-corrected chi connectivity index (χ3v) is 4.24. The quantitative estimate of drug-likeness (QED) is 0.747. The lowest BCUT2D eigenvalue weighted by Gasteiger charge is -2.10. The SMILES string of the molecule is CC(C(=O)c1ccc2[nH]c(=O)sc2c1)c1ccccc1. The van der Waals surface area contributed by atoms with Crippen LogP contribution in [0.3, 0.4) is 0 Å². The van der Waals surface area contributed by atoms with Gasteiger partial charge in [-0.05, 0) is 23.8 Å². The Morgan fingerprint density at radius 3 is 2.65 bits per heavy atom. The predicted molar refractivity (Wildman–Crippen MR) is 81.6 cm³/mol. The van der Waals surface area contributed by atoms with E-state index in [0.717, 1.165) is 27.1 Å². The molecule has 3 nitrogen and oxygen atoms in total. The molecule has 0 radical (unpaired) electrons. The first-order valence-electron chi connectivity index (χ1n) is 6.37. The zero-order valence-electron chi connectivity index (χ0n) is 10.9. The molecule has 1 heterocycles. The number of aromatic amines is 1. The second kappa shape index (κ2) is 5.06. The number of aromatic nitrogens is 1. The van der Waals surface area contributed by atoms with Crippen molar-refractivity contribution in [3.8, 4) is 0 Å². The van der Waals surface area contributed by atoms with Gasteiger partial charge < -0.3 is 4.98 Å². The maximum absolute atomic E-state index is 12.5. The number of hydrogen-bond donors (Lipinski definition) is 1. The number of rotatable bonds is 3. The van der Waals surface area contributed by atoms with Gasteiger partial charge in [0, 0.05) is 11.5 Å². The number of thiazole rings is 1. The fraction of sp³-hybridized carbons (Fsp3) is 0.125. The summed E-state index contributed by atoms with van der Waals surface area (Å²) >= 11 is 1.13. The number of nitrogens with one attached hydrogen (secondary N) is 1. The Morgan fingerprint density at radius 1 is 1.15 bits per heavy atom. The van der Waals surface area contributed by atoms with Gasteiger partial charge in [-0.3, -0.25) is 9.59 Å². The van der Waals surface area contributed by atoms with E-state index in [1.807, 2.05) is 37.3 Å². The van der Waals surface area contributed by atoms with Gasteiger partial charge in [-0.1, -0.05) is 48.6 Å². The van der Waals surface area contributed by atoms with E-state index in [1.165, 1.54) is 0 Å². The van der Waals surface area contributed by atoms with Crippen molar-refractivity contribution in [3.63, 3.8) is 0 Å². The van der Waals surface area contributed by atoms with Gasteiger partial charge in [0.25, 0.3) is 0 Å². The van der Waals surface area contributed by atoms with Crippen LogP contribution in [-0.2, 0) is 0 Å². The molecule has 2 aromatic carbocycles. The lowest BCUT2D eigenvalue weighted by atomic mass is 9.92. The minimum absolute atomic E-state index is 0.0685. The number of benzene rings is 2. The Morgan fingerprint density at radius 2 is 1.90 bits per heavy atom. The lowest BCUT2D eigenvalue weighted by Crippen LogP contribution is -2.09. The molecular weight excluding hydrogens is 270 g/mol. The van der Waals surface area contributed by atoms with E-state index < -0.39 is 0 Å². The van der Waals surface area contributed by atoms with Crippen LogP contribution in [0, 0.1) is 0 Å². The van der Waals surface area contributed by atoms with E-state index in [4.69, 9.17) is 0 Å². The average Bonchev–Trinajstić information content (AvgIpc) is 2.85. The number of carbonyl (C=O) groups is 1. The highest BCUT2D eigenvalue weighted by molar-refractivity contribution is 7.16. The smallest absolute Gasteiger partial charge is 0.305 e. The first kappa shape index (κ1) is 12.8. The van der Waals surface area contributed by atoms with Crippen LogP contribution in [0.25, 0.3) is 10.2 Å². The number of carbonyl (C=O) groups excluding carboxylic acids is 1. The molecule has 20 heavy (non-hydrogen) atoms. The summed E-state index contributed by atoms with van der Waals surface area (Å²) in [6.07, 6.45) is 0. The third-order valence-electron chi connectivity index (χ3n) is 3.40. The molecule has 100 valence electrons. The van der Waals surface area contributed by atoms with E-state index >= 15 is 0 Å². The summed E-state index contributed by atoms with van der Waals surface area (Å²) in [5.41, 5.74) is 2.42. The molecule has 0 spiro atoms. The molecule has 3 rings (SSSR count). The molecule has 0 saturated carbocycles. The number of H-pyrrole nitrogens is 1. The summed E-state index contributed by atoms with van der Waals surface area (Å²) in [7, 11) is 0. The Labute approximate surface area is 119 Å². The predicted octanol–water partition coefficient (Wildman–Crippen LogP) is 3.58. The summed E-state index contributed by atoms with van der Waals surface area (Å²) in [6.45, 7) is 1.90. The average molecular weight is 283 g/mol. The molecule has 0 fully saturated rings. The van der Waals surface area contributed by atoms with Crippen LogP contribution in [0.2, 0.25) is 0 Å². The van der Waals surface area contributed by atoms with Crippen molar-refractivity contribution in [2.75, 3.05) is 0 Å². The van der Waals surface area contributed by atoms with Crippen LogP contribution < -0.4 is 4.87 Å². The highest BCUT2D eigenvalue weighted by Gasteiger charge is 2.17. The number of Topliss-reactive ketones (excluding diaryl/α,β-unsaturated/α-hetero) is 1. The van der Waals surface area contributed by atoms with E-state index in [1.54, 1.807) is 18.2 Å². The van der Waals surface area contributed by atoms with Crippen molar-refractivity contribution in [2.45, 2.75) is 12.8 Å². The summed E-state index contributed by atoms with van der Waals surface area (Å²) < 4.78 is 0.820. The Balaban J connectivity index is 1.97. The molecule has 0 bridgehead atoms. The summed E-state index contributed by atoms with van der Waals surface area (Å²) in [6, 6.07) is 15.1. The van der Waals surface area contributed by atoms with Crippen LogP contribution >= 0.6 is 11.3 Å². The van der Waals surface area contributed by atoms with Crippen molar-refractivity contribution in [2.24, 2.45) is 0 Å². The topological polar surface area (TPSA) is 49.9 Å². The number of fused-ring (bicyclic) bond motifs is 1. The van der Waals surface area contributed by atoms with Crippen LogP contribution in [-0.4, -0.2) is 10.8 Å². The molecular formula is C16H13NO2S. The number of hydrogen-bond acceptors (Lipinski definition) is 3. The van der Waals surface area contributed by atoms with Gasteiger partial charge in [0.1, 0.15) is 0 Å². The van der Waals surface area contributed by atoms with E-state index in [0.29, 0.717) is 5.56 Å². The lowest BCUT2D eigenvalue weighted by molar-refractivity contribution is 0.0966. The minimum atomic E-state index is -0.190. The molecule has 0 saturated heterocycles. The Hall–Kier alpha value is -2.20. The first-order chi connectivity index (χ1) is 9.65. The first-order valence-corrected chi connectivity index (χ1v) is 7.19. The molecule has 0 aliphatic heterocycles. The highest BCUT2D eigenvalue weighted by Crippen LogP contribution is 2.23. The normalized spacial score (nSPS) is 12.4. The van der Waals surface area contributed by atoms with Crippen LogP contribution in [0.4, 0.5) is 0 Å². The fourth-order valence-corrected chi connectivity index (χ4v) is 3.02. The Kier molecular flexibility index (Phi) is 3.24. The monoisotopic (exact) mass is 283 g/mol. The maximum Gasteiger partial charge on any atom is 0.305 e. The zero-order chi connectivity index (χ0) is 14.1. The minimum Gasteiger partial charge on any atom is -0.312 e. The maximum atomic E-state index is 12.5. The molecule has 0 amide bonds. The van der Waals surface area contributed by atoms with Crippen LogP contribution in [0.5, 0.6) is 0 Å². The van der Waals surface area contributed by atoms with Crippen molar-refractivity contribution in [3.05, 3.63) is 69.3 Å². The molecule has 1 unspecified atom stereocenters. The van der Waals surface area contributed by atoms with Crippen molar-refractivity contribution in [1.82, 2.24) is 4.98 Å². The molecule has 4 heteroatoms.